The third-order valence-electron chi connectivity index (χ3n) is 3.00. The van der Waals surface area contributed by atoms with Gasteiger partial charge in [-0.2, -0.15) is 0 Å². The van der Waals surface area contributed by atoms with Crippen LogP contribution in [-0.4, -0.2) is 12.4 Å². The summed E-state index contributed by atoms with van der Waals surface area (Å²) in [7, 11) is -1.14. The average Bonchev–Trinajstić information content (AvgIpc) is 2.48. The summed E-state index contributed by atoms with van der Waals surface area (Å²) in [5, 5.41) is 0. The van der Waals surface area contributed by atoms with Crippen LogP contribution in [-0.2, 0) is 0 Å². The van der Waals surface area contributed by atoms with Crippen LogP contribution in [0, 0.1) is 5.92 Å². The molecule has 0 aliphatic heterocycles. The van der Waals surface area contributed by atoms with E-state index in [1.54, 1.807) is 0 Å². The minimum absolute atomic E-state index is 0.375. The topological polar surface area (TPSA) is 0 Å². The smallest absolute Gasteiger partial charge is 0.101 e. The maximum Gasteiger partial charge on any atom is 0.122 e. The van der Waals surface area contributed by atoms with Gasteiger partial charge in [-0.25, -0.2) is 0 Å². The molecule has 1 saturated carbocycles. The number of rotatable bonds is 4. The highest BCUT2D eigenvalue weighted by atomic mass is 35.5. The van der Waals surface area contributed by atoms with E-state index in [-0.39, 0.29) is 4.33 Å². The Morgan fingerprint density at radius 1 is 1.23 bits per heavy atom. The van der Waals surface area contributed by atoms with Crippen molar-refractivity contribution in [2.75, 3.05) is 0 Å². The zero-order valence-electron chi connectivity index (χ0n) is 9.03. The molecule has 1 aliphatic carbocycles. The van der Waals surface area contributed by atoms with Crippen LogP contribution in [0.1, 0.15) is 26.2 Å². The summed E-state index contributed by atoms with van der Waals surface area (Å²) in [6, 6.07) is 0. The second-order valence-corrected chi connectivity index (χ2v) is 12.1. The van der Waals surface area contributed by atoms with E-state index in [1.807, 2.05) is 0 Å². The highest BCUT2D eigenvalue weighted by molar-refractivity contribution is 6.82. The van der Waals surface area contributed by atoms with Crippen LogP contribution in [0.2, 0.25) is 25.2 Å². The van der Waals surface area contributed by atoms with Crippen molar-refractivity contribution < 1.29 is 0 Å². The van der Waals surface area contributed by atoms with Gasteiger partial charge in [0.1, 0.15) is 4.33 Å². The van der Waals surface area contributed by atoms with Crippen LogP contribution in [0.5, 0.6) is 0 Å². The Hall–Kier alpha value is 0.797. The summed E-state index contributed by atoms with van der Waals surface area (Å²) in [6.45, 7) is 9.31. The Bertz CT molecular complexity index is 184. The fraction of sp³-hybridized carbons (Fsp3) is 1.00. The number of unbranched alkanes of at least 4 members (excludes halogenated alkanes) is 1. The monoisotopic (exact) mass is 238 g/mol. The van der Waals surface area contributed by atoms with Crippen molar-refractivity contribution in [3.63, 3.8) is 0 Å². The Balaban J connectivity index is 2.51. The molecular weight excluding hydrogens is 219 g/mol. The van der Waals surface area contributed by atoms with Crippen LogP contribution < -0.4 is 0 Å². The first-order valence-corrected chi connectivity index (χ1v) is 9.53. The van der Waals surface area contributed by atoms with Crippen LogP contribution in [0.3, 0.4) is 0 Å². The molecule has 0 nitrogen and oxygen atoms in total. The molecule has 0 spiro atoms. The number of hydrogen-bond acceptors (Lipinski definition) is 0. The number of halogens is 2. The SMILES string of the molecule is CCCCC1C([Si](C)(C)C)C1(Cl)Cl. The van der Waals surface area contributed by atoms with Crippen molar-refractivity contribution in [3.05, 3.63) is 0 Å². The molecule has 0 aromatic heterocycles. The lowest BCUT2D eigenvalue weighted by Gasteiger charge is -2.15. The fourth-order valence-corrected chi connectivity index (χ4v) is 8.09. The largest absolute Gasteiger partial charge is 0.122 e. The van der Waals surface area contributed by atoms with E-state index in [0.29, 0.717) is 11.5 Å². The summed E-state index contributed by atoms with van der Waals surface area (Å²) in [5.41, 5.74) is 0.620. The Kier molecular flexibility index (Phi) is 3.42. The summed E-state index contributed by atoms with van der Waals surface area (Å²) in [4.78, 5) is 0. The zero-order chi connectivity index (χ0) is 10.3. The fourth-order valence-electron chi connectivity index (χ4n) is 2.35. The molecule has 2 unspecified atom stereocenters. The van der Waals surface area contributed by atoms with E-state index in [4.69, 9.17) is 23.2 Å². The third kappa shape index (κ3) is 2.43. The van der Waals surface area contributed by atoms with Crippen molar-refractivity contribution in [1.29, 1.82) is 0 Å². The molecule has 1 rings (SSSR count). The highest BCUT2D eigenvalue weighted by Crippen LogP contribution is 2.69. The van der Waals surface area contributed by atoms with Gasteiger partial charge in [-0.3, -0.25) is 0 Å². The molecule has 78 valence electrons. The standard InChI is InChI=1S/C10H20Cl2Si/c1-5-6-7-8-9(10(8,11)12)13(2,3)4/h8-9H,5-7H2,1-4H3. The predicted octanol–water partition coefficient (Wildman–Crippen LogP) is 4.69. The Morgan fingerprint density at radius 3 is 2.08 bits per heavy atom. The van der Waals surface area contributed by atoms with Crippen molar-refractivity contribution in [2.24, 2.45) is 5.92 Å². The molecule has 0 N–H and O–H groups in total. The number of alkyl halides is 2. The summed E-state index contributed by atoms with van der Waals surface area (Å²) >= 11 is 12.6. The van der Waals surface area contributed by atoms with E-state index < -0.39 is 8.07 Å². The van der Waals surface area contributed by atoms with Gasteiger partial charge < -0.3 is 0 Å². The van der Waals surface area contributed by atoms with Gasteiger partial charge in [0.15, 0.2) is 0 Å². The van der Waals surface area contributed by atoms with E-state index >= 15 is 0 Å². The van der Waals surface area contributed by atoms with Gasteiger partial charge in [0, 0.05) is 0 Å². The van der Waals surface area contributed by atoms with Gasteiger partial charge in [0.05, 0.1) is 8.07 Å². The Labute approximate surface area is 93.0 Å². The molecule has 0 heterocycles. The maximum atomic E-state index is 6.29. The lowest BCUT2D eigenvalue weighted by molar-refractivity contribution is 0.647. The molecule has 0 bridgehead atoms. The molecular formula is C10H20Cl2Si. The second kappa shape index (κ2) is 3.75. The average molecular weight is 239 g/mol. The second-order valence-electron chi connectivity index (χ2n) is 5.27. The van der Waals surface area contributed by atoms with Crippen molar-refractivity contribution in [1.82, 2.24) is 0 Å². The van der Waals surface area contributed by atoms with Crippen molar-refractivity contribution in [3.8, 4) is 0 Å². The minimum Gasteiger partial charge on any atom is -0.101 e. The van der Waals surface area contributed by atoms with Crippen LogP contribution in [0.15, 0.2) is 0 Å². The van der Waals surface area contributed by atoms with Crippen LogP contribution in [0.4, 0.5) is 0 Å². The molecule has 0 amide bonds. The molecule has 1 aliphatic rings. The summed E-state index contributed by atoms with van der Waals surface area (Å²) < 4.78 is -0.375. The lowest BCUT2D eigenvalue weighted by Crippen LogP contribution is -2.22. The maximum absolute atomic E-state index is 6.29. The van der Waals surface area contributed by atoms with Gasteiger partial charge in [0.2, 0.25) is 0 Å². The van der Waals surface area contributed by atoms with Gasteiger partial charge in [-0.15, -0.1) is 23.2 Å². The highest BCUT2D eigenvalue weighted by Gasteiger charge is 2.66. The first-order valence-electron chi connectivity index (χ1n) is 5.19. The molecule has 0 saturated heterocycles. The first-order chi connectivity index (χ1) is 5.81. The lowest BCUT2D eigenvalue weighted by atomic mass is 10.2. The van der Waals surface area contributed by atoms with Crippen LogP contribution in [0.25, 0.3) is 0 Å². The Morgan fingerprint density at radius 2 is 1.77 bits per heavy atom. The normalized spacial score (nSPS) is 31.8. The van der Waals surface area contributed by atoms with Gasteiger partial charge in [0.25, 0.3) is 0 Å². The minimum atomic E-state index is -1.14. The molecule has 0 aromatic carbocycles. The van der Waals surface area contributed by atoms with E-state index in [0.717, 1.165) is 0 Å². The quantitative estimate of drug-likeness (QED) is 0.493. The van der Waals surface area contributed by atoms with E-state index in [2.05, 4.69) is 26.6 Å². The molecule has 0 radical (unpaired) electrons. The van der Waals surface area contributed by atoms with E-state index in [1.165, 1.54) is 19.3 Å². The van der Waals surface area contributed by atoms with Gasteiger partial charge in [-0.1, -0.05) is 39.4 Å². The summed E-state index contributed by atoms with van der Waals surface area (Å²) in [6.07, 6.45) is 3.74. The molecule has 1 fully saturated rings. The van der Waals surface area contributed by atoms with Crippen molar-refractivity contribution in [2.45, 2.75) is 55.7 Å². The first kappa shape index (κ1) is 11.9. The molecule has 13 heavy (non-hydrogen) atoms. The zero-order valence-corrected chi connectivity index (χ0v) is 11.5. The van der Waals surface area contributed by atoms with Gasteiger partial charge in [-0.05, 0) is 17.9 Å². The summed E-state index contributed by atoms with van der Waals surface area (Å²) in [5.74, 6) is 0.586. The molecule has 0 aromatic rings. The molecule has 2 atom stereocenters. The van der Waals surface area contributed by atoms with E-state index in [9.17, 15) is 0 Å². The van der Waals surface area contributed by atoms with Crippen LogP contribution >= 0.6 is 23.2 Å². The van der Waals surface area contributed by atoms with Crippen molar-refractivity contribution >= 4 is 31.3 Å². The molecule has 3 heteroatoms. The van der Waals surface area contributed by atoms with Gasteiger partial charge >= 0.3 is 0 Å². The third-order valence-corrected chi connectivity index (χ3v) is 7.12. The predicted molar refractivity (Wildman–Crippen MR) is 64.5 cm³/mol. The number of hydrogen-bond donors (Lipinski definition) is 0.